The van der Waals surface area contributed by atoms with Crippen LogP contribution < -0.4 is 5.32 Å². The highest BCUT2D eigenvalue weighted by Gasteiger charge is 2.20. The van der Waals surface area contributed by atoms with Crippen molar-refractivity contribution in [1.82, 2.24) is 4.98 Å². The topological polar surface area (TPSA) is 68.3 Å². The Morgan fingerprint density at radius 2 is 1.62 bits per heavy atom. The van der Waals surface area contributed by atoms with Crippen molar-refractivity contribution in [2.75, 3.05) is 5.32 Å². The fourth-order valence-corrected chi connectivity index (χ4v) is 2.45. The highest BCUT2D eigenvalue weighted by atomic mass is 16.5. The number of pyridine rings is 1. The zero-order chi connectivity index (χ0) is 18.4. The van der Waals surface area contributed by atoms with Gasteiger partial charge in [-0.15, -0.1) is 0 Å². The average Bonchev–Trinajstić information content (AvgIpc) is 2.69. The average molecular weight is 346 g/mol. The Kier molecular flexibility index (Phi) is 5.39. The molecule has 0 unspecified atom stereocenters. The number of benzene rings is 2. The number of carbonyl (C=O) groups is 2. The van der Waals surface area contributed by atoms with Gasteiger partial charge in [-0.3, -0.25) is 4.79 Å². The molecule has 0 aliphatic carbocycles. The lowest BCUT2D eigenvalue weighted by Gasteiger charge is -2.15. The number of hydrogen-bond acceptors (Lipinski definition) is 4. The molecule has 0 aliphatic heterocycles. The van der Waals surface area contributed by atoms with Gasteiger partial charge in [0, 0.05) is 17.4 Å². The Morgan fingerprint density at radius 3 is 2.35 bits per heavy atom. The first-order chi connectivity index (χ1) is 12.6. The molecule has 3 rings (SSSR count). The monoisotopic (exact) mass is 346 g/mol. The van der Waals surface area contributed by atoms with Gasteiger partial charge in [0.15, 0.2) is 6.10 Å². The number of aromatic nitrogens is 1. The fourth-order valence-electron chi connectivity index (χ4n) is 2.45. The summed E-state index contributed by atoms with van der Waals surface area (Å²) in [4.78, 5) is 28.4. The molecular formula is C21H18N2O3. The van der Waals surface area contributed by atoms with Gasteiger partial charge in [0.1, 0.15) is 5.69 Å². The van der Waals surface area contributed by atoms with Crippen LogP contribution in [0.5, 0.6) is 0 Å². The molecule has 26 heavy (non-hydrogen) atoms. The van der Waals surface area contributed by atoms with Gasteiger partial charge in [-0.25, -0.2) is 9.78 Å². The predicted octanol–water partition coefficient (Wildman–Crippen LogP) is 3.93. The van der Waals surface area contributed by atoms with Crippen LogP contribution in [0.3, 0.4) is 0 Å². The van der Waals surface area contributed by atoms with Gasteiger partial charge < -0.3 is 10.1 Å². The van der Waals surface area contributed by atoms with E-state index in [2.05, 4.69) is 10.3 Å². The minimum absolute atomic E-state index is 0.164. The number of anilines is 1. The Bertz CT molecular complexity index is 895. The normalized spacial score (nSPS) is 11.4. The lowest BCUT2D eigenvalue weighted by atomic mass is 10.0. The molecule has 3 aromatic rings. The van der Waals surface area contributed by atoms with Crippen LogP contribution in [-0.4, -0.2) is 23.0 Å². The summed E-state index contributed by atoms with van der Waals surface area (Å²) in [5, 5.41) is 2.83. The van der Waals surface area contributed by atoms with Crippen LogP contribution in [-0.2, 0) is 9.53 Å². The van der Waals surface area contributed by atoms with Crippen LogP contribution in [0.4, 0.5) is 5.69 Å². The molecule has 0 fully saturated rings. The van der Waals surface area contributed by atoms with Gasteiger partial charge in [-0.05, 0) is 30.7 Å². The zero-order valence-corrected chi connectivity index (χ0v) is 14.3. The molecule has 2 aromatic carbocycles. The second-order valence-electron chi connectivity index (χ2n) is 5.66. The summed E-state index contributed by atoms with van der Waals surface area (Å²) in [6.45, 7) is 1.53. The van der Waals surface area contributed by atoms with Crippen molar-refractivity contribution in [2.45, 2.75) is 13.0 Å². The number of hydrogen-bond donors (Lipinski definition) is 1. The van der Waals surface area contributed by atoms with Crippen LogP contribution in [0.15, 0.2) is 79.0 Å². The largest absolute Gasteiger partial charge is 0.448 e. The number of ether oxygens (including phenoxy) is 1. The lowest BCUT2D eigenvalue weighted by Crippen LogP contribution is -2.30. The number of para-hydroxylation sites is 1. The zero-order valence-electron chi connectivity index (χ0n) is 14.3. The predicted molar refractivity (Wildman–Crippen MR) is 99.6 cm³/mol. The van der Waals surface area contributed by atoms with Crippen molar-refractivity contribution in [1.29, 1.82) is 0 Å². The van der Waals surface area contributed by atoms with Crippen LogP contribution in [0.1, 0.15) is 17.4 Å². The van der Waals surface area contributed by atoms with Crippen molar-refractivity contribution >= 4 is 17.6 Å². The molecule has 5 nitrogen and oxygen atoms in total. The van der Waals surface area contributed by atoms with Crippen LogP contribution in [0.2, 0.25) is 0 Å². The minimum atomic E-state index is -0.951. The number of carbonyl (C=O) groups excluding carboxylic acids is 2. The van der Waals surface area contributed by atoms with E-state index in [0.29, 0.717) is 5.69 Å². The van der Waals surface area contributed by atoms with Crippen molar-refractivity contribution in [3.63, 3.8) is 0 Å². The van der Waals surface area contributed by atoms with Crippen molar-refractivity contribution < 1.29 is 14.3 Å². The second-order valence-corrected chi connectivity index (χ2v) is 5.66. The van der Waals surface area contributed by atoms with E-state index < -0.39 is 18.0 Å². The van der Waals surface area contributed by atoms with Gasteiger partial charge in [0.25, 0.3) is 5.91 Å². The maximum Gasteiger partial charge on any atom is 0.357 e. The summed E-state index contributed by atoms with van der Waals surface area (Å²) in [6, 6.07) is 22.2. The number of nitrogens with zero attached hydrogens (tertiary/aromatic N) is 1. The lowest BCUT2D eigenvalue weighted by molar-refractivity contribution is -0.123. The fraction of sp³-hybridized carbons (Fsp3) is 0.0952. The third kappa shape index (κ3) is 4.13. The van der Waals surface area contributed by atoms with E-state index in [0.717, 1.165) is 11.1 Å². The molecular weight excluding hydrogens is 328 g/mol. The van der Waals surface area contributed by atoms with Crippen LogP contribution in [0, 0.1) is 0 Å². The van der Waals surface area contributed by atoms with Gasteiger partial charge in [-0.1, -0.05) is 54.6 Å². The third-order valence-electron chi connectivity index (χ3n) is 3.80. The van der Waals surface area contributed by atoms with Crippen molar-refractivity contribution in [3.8, 4) is 11.1 Å². The van der Waals surface area contributed by atoms with E-state index in [1.165, 1.54) is 19.2 Å². The summed E-state index contributed by atoms with van der Waals surface area (Å²) in [7, 11) is 0. The van der Waals surface area contributed by atoms with E-state index in [4.69, 9.17) is 4.74 Å². The second kappa shape index (κ2) is 8.07. The number of amides is 1. The number of esters is 1. The molecule has 0 radical (unpaired) electrons. The molecule has 0 saturated heterocycles. The first-order valence-electron chi connectivity index (χ1n) is 8.22. The number of nitrogens with one attached hydrogen (secondary N) is 1. The Labute approximate surface area is 151 Å². The molecule has 5 heteroatoms. The summed E-state index contributed by atoms with van der Waals surface area (Å²) >= 11 is 0. The molecule has 1 atom stereocenters. The van der Waals surface area contributed by atoms with E-state index in [1.54, 1.807) is 12.1 Å². The van der Waals surface area contributed by atoms with Crippen LogP contribution in [0.25, 0.3) is 11.1 Å². The maximum absolute atomic E-state index is 12.5. The molecule has 130 valence electrons. The Morgan fingerprint density at radius 1 is 0.923 bits per heavy atom. The summed E-state index contributed by atoms with van der Waals surface area (Å²) in [6.07, 6.45) is 0.547. The molecule has 0 saturated carbocycles. The third-order valence-corrected chi connectivity index (χ3v) is 3.80. The van der Waals surface area contributed by atoms with E-state index in [-0.39, 0.29) is 5.69 Å². The standard InChI is InChI=1S/C21H18N2O3/c1-15(26-21(25)19-13-7-8-14-22-19)20(24)23-18-12-6-5-11-17(18)16-9-3-2-4-10-16/h2-15H,1H3,(H,23,24)/t15-/m0/s1. The Hall–Kier alpha value is -3.47. The van der Waals surface area contributed by atoms with E-state index >= 15 is 0 Å². The van der Waals surface area contributed by atoms with Gasteiger partial charge in [0.05, 0.1) is 0 Å². The summed E-state index contributed by atoms with van der Waals surface area (Å²) in [5.74, 6) is -1.04. The van der Waals surface area contributed by atoms with Gasteiger partial charge in [0.2, 0.25) is 0 Å². The highest BCUT2D eigenvalue weighted by molar-refractivity contribution is 5.99. The maximum atomic E-state index is 12.5. The molecule has 0 bridgehead atoms. The van der Waals surface area contributed by atoms with Crippen LogP contribution >= 0.6 is 0 Å². The Balaban J connectivity index is 1.71. The summed E-state index contributed by atoms with van der Waals surface area (Å²) < 4.78 is 5.20. The van der Waals surface area contributed by atoms with Crippen molar-refractivity contribution in [2.24, 2.45) is 0 Å². The first-order valence-corrected chi connectivity index (χ1v) is 8.22. The quantitative estimate of drug-likeness (QED) is 0.711. The first kappa shape index (κ1) is 17.4. The molecule has 0 spiro atoms. The summed E-state index contributed by atoms with van der Waals surface area (Å²) in [5.41, 5.74) is 2.70. The molecule has 0 aliphatic rings. The van der Waals surface area contributed by atoms with Crippen molar-refractivity contribution in [3.05, 3.63) is 84.7 Å². The van der Waals surface area contributed by atoms with E-state index in [9.17, 15) is 9.59 Å². The molecule has 1 amide bonds. The molecule has 1 N–H and O–H groups in total. The smallest absolute Gasteiger partial charge is 0.357 e. The number of rotatable bonds is 5. The minimum Gasteiger partial charge on any atom is -0.448 e. The van der Waals surface area contributed by atoms with Gasteiger partial charge in [-0.2, -0.15) is 0 Å². The highest BCUT2D eigenvalue weighted by Crippen LogP contribution is 2.27. The molecule has 1 aromatic heterocycles. The van der Waals surface area contributed by atoms with Gasteiger partial charge >= 0.3 is 5.97 Å². The SMILES string of the molecule is C[C@H](OC(=O)c1ccccn1)C(=O)Nc1ccccc1-c1ccccc1. The van der Waals surface area contributed by atoms with E-state index in [1.807, 2.05) is 54.6 Å². The molecule has 1 heterocycles.